The number of benzene rings is 2. The van der Waals surface area contributed by atoms with E-state index < -0.39 is 5.41 Å². The fourth-order valence-electron chi connectivity index (χ4n) is 2.93. The Balaban J connectivity index is 2.01. The van der Waals surface area contributed by atoms with Gasteiger partial charge in [0.25, 0.3) is 0 Å². The zero-order valence-electron chi connectivity index (χ0n) is 10.9. The van der Waals surface area contributed by atoms with Gasteiger partial charge in [0.05, 0.1) is 7.11 Å². The van der Waals surface area contributed by atoms with Crippen molar-refractivity contribution in [1.29, 1.82) is 0 Å². The first-order valence-electron chi connectivity index (χ1n) is 6.48. The average molecular weight is 252 g/mol. The van der Waals surface area contributed by atoms with Gasteiger partial charge in [0.15, 0.2) is 0 Å². The van der Waals surface area contributed by atoms with Crippen LogP contribution in [0.4, 0.5) is 0 Å². The fourth-order valence-corrected chi connectivity index (χ4v) is 2.93. The molecule has 0 heterocycles. The van der Waals surface area contributed by atoms with Gasteiger partial charge in [0.2, 0.25) is 0 Å². The molecule has 0 radical (unpaired) electrons. The lowest BCUT2D eigenvalue weighted by atomic mass is 9.91. The summed E-state index contributed by atoms with van der Waals surface area (Å²) >= 11 is 0. The van der Waals surface area contributed by atoms with E-state index in [0.29, 0.717) is 0 Å². The van der Waals surface area contributed by atoms with Gasteiger partial charge in [-0.25, -0.2) is 0 Å². The third kappa shape index (κ3) is 1.84. The molecule has 0 aromatic heterocycles. The van der Waals surface area contributed by atoms with Gasteiger partial charge in [0, 0.05) is 5.92 Å². The largest absolute Gasteiger partial charge is 0.468 e. The molecule has 19 heavy (non-hydrogen) atoms. The van der Waals surface area contributed by atoms with E-state index >= 15 is 0 Å². The summed E-state index contributed by atoms with van der Waals surface area (Å²) in [6.07, 6.45) is 0.827. The summed E-state index contributed by atoms with van der Waals surface area (Å²) in [5.74, 6) is 0.0936. The molecule has 0 saturated heterocycles. The second-order valence-electron chi connectivity index (χ2n) is 5.00. The molecule has 1 aliphatic carbocycles. The van der Waals surface area contributed by atoms with Crippen LogP contribution >= 0.6 is 0 Å². The molecule has 0 aliphatic heterocycles. The minimum absolute atomic E-state index is 0.132. The summed E-state index contributed by atoms with van der Waals surface area (Å²) < 4.78 is 5.04. The van der Waals surface area contributed by atoms with Gasteiger partial charge < -0.3 is 4.74 Å². The van der Waals surface area contributed by atoms with Crippen molar-refractivity contribution in [2.24, 2.45) is 0 Å². The summed E-state index contributed by atoms with van der Waals surface area (Å²) in [6.45, 7) is 0. The van der Waals surface area contributed by atoms with Gasteiger partial charge in [-0.05, 0) is 17.5 Å². The molecule has 0 bridgehead atoms. The topological polar surface area (TPSA) is 26.3 Å². The number of rotatable bonds is 3. The first-order chi connectivity index (χ1) is 9.29. The maximum atomic E-state index is 12.3. The molecule has 1 fully saturated rings. The third-order valence-corrected chi connectivity index (χ3v) is 4.00. The Morgan fingerprint density at radius 3 is 2.21 bits per heavy atom. The van der Waals surface area contributed by atoms with E-state index in [1.165, 1.54) is 12.7 Å². The number of hydrogen-bond acceptors (Lipinski definition) is 2. The standard InChI is InChI=1S/C17H16O2/c1-19-16(18)17(14-10-6-3-7-11-14)12-15(17)13-8-4-2-5-9-13/h2-11,15H,12H2,1H3/t15-,17+/m0/s1. The third-order valence-electron chi connectivity index (χ3n) is 4.00. The van der Waals surface area contributed by atoms with Crippen LogP contribution in [0.1, 0.15) is 23.5 Å². The van der Waals surface area contributed by atoms with E-state index in [0.717, 1.165) is 12.0 Å². The van der Waals surface area contributed by atoms with Crippen LogP contribution in [0.25, 0.3) is 0 Å². The number of esters is 1. The van der Waals surface area contributed by atoms with E-state index in [2.05, 4.69) is 12.1 Å². The Morgan fingerprint density at radius 2 is 1.63 bits per heavy atom. The molecule has 0 unspecified atom stereocenters. The number of hydrogen-bond donors (Lipinski definition) is 0. The van der Waals surface area contributed by atoms with E-state index in [1.54, 1.807) is 0 Å². The molecule has 1 saturated carbocycles. The highest BCUT2D eigenvalue weighted by molar-refractivity contribution is 5.89. The van der Waals surface area contributed by atoms with Crippen molar-refractivity contribution >= 4 is 5.97 Å². The molecule has 2 nitrogen and oxygen atoms in total. The minimum Gasteiger partial charge on any atom is -0.468 e. The van der Waals surface area contributed by atoms with E-state index in [1.807, 2.05) is 48.5 Å². The predicted molar refractivity (Wildman–Crippen MR) is 73.9 cm³/mol. The van der Waals surface area contributed by atoms with Crippen molar-refractivity contribution in [3.8, 4) is 0 Å². The van der Waals surface area contributed by atoms with E-state index in [9.17, 15) is 4.79 Å². The van der Waals surface area contributed by atoms with Crippen molar-refractivity contribution in [2.45, 2.75) is 17.8 Å². The van der Waals surface area contributed by atoms with Crippen LogP contribution in [0.15, 0.2) is 60.7 Å². The Bertz CT molecular complexity index is 577. The molecular weight excluding hydrogens is 236 g/mol. The molecular formula is C17H16O2. The molecule has 2 heteroatoms. The van der Waals surface area contributed by atoms with Crippen molar-refractivity contribution < 1.29 is 9.53 Å². The van der Waals surface area contributed by atoms with Crippen molar-refractivity contribution in [1.82, 2.24) is 0 Å². The van der Waals surface area contributed by atoms with Gasteiger partial charge in [-0.3, -0.25) is 4.79 Å². The molecule has 2 aromatic rings. The SMILES string of the molecule is COC(=O)[C@@]1(c2ccccc2)C[C@H]1c1ccccc1. The second kappa shape index (κ2) is 4.54. The zero-order valence-corrected chi connectivity index (χ0v) is 10.9. The summed E-state index contributed by atoms with van der Waals surface area (Å²) in [5, 5.41) is 0. The molecule has 2 atom stereocenters. The molecule has 3 rings (SSSR count). The molecule has 1 aliphatic rings. The summed E-state index contributed by atoms with van der Waals surface area (Å²) in [5.41, 5.74) is 1.77. The van der Waals surface area contributed by atoms with Crippen LogP contribution in [0.5, 0.6) is 0 Å². The Labute approximate surface area is 113 Å². The monoisotopic (exact) mass is 252 g/mol. The predicted octanol–water partition coefficient (Wildman–Crippen LogP) is 3.28. The van der Waals surface area contributed by atoms with Crippen LogP contribution in [-0.4, -0.2) is 13.1 Å². The first-order valence-corrected chi connectivity index (χ1v) is 6.48. The quantitative estimate of drug-likeness (QED) is 0.784. The van der Waals surface area contributed by atoms with Crippen molar-refractivity contribution in [3.63, 3.8) is 0 Å². The van der Waals surface area contributed by atoms with E-state index in [4.69, 9.17) is 4.74 Å². The number of carbonyl (C=O) groups excluding carboxylic acids is 1. The Morgan fingerprint density at radius 1 is 1.05 bits per heavy atom. The molecule has 2 aromatic carbocycles. The fraction of sp³-hybridized carbons (Fsp3) is 0.235. The lowest BCUT2D eigenvalue weighted by Gasteiger charge is -2.15. The second-order valence-corrected chi connectivity index (χ2v) is 5.00. The van der Waals surface area contributed by atoms with Crippen LogP contribution in [0.2, 0.25) is 0 Å². The lowest BCUT2D eigenvalue weighted by molar-refractivity contribution is -0.143. The van der Waals surface area contributed by atoms with Crippen molar-refractivity contribution in [3.05, 3.63) is 71.8 Å². The Kier molecular flexibility index (Phi) is 2.86. The van der Waals surface area contributed by atoms with Gasteiger partial charge in [-0.2, -0.15) is 0 Å². The van der Waals surface area contributed by atoms with Crippen LogP contribution in [0, 0.1) is 0 Å². The number of carbonyl (C=O) groups is 1. The number of ether oxygens (including phenoxy) is 1. The molecule has 0 N–H and O–H groups in total. The summed E-state index contributed by atoms with van der Waals surface area (Å²) in [6, 6.07) is 20.1. The maximum Gasteiger partial charge on any atom is 0.316 e. The van der Waals surface area contributed by atoms with Gasteiger partial charge in [-0.1, -0.05) is 60.7 Å². The normalized spacial score (nSPS) is 24.8. The number of methoxy groups -OCH3 is 1. The minimum atomic E-state index is -0.489. The molecule has 0 amide bonds. The molecule has 0 spiro atoms. The zero-order chi connectivity index (χ0) is 13.3. The van der Waals surface area contributed by atoms with Crippen LogP contribution < -0.4 is 0 Å². The Hall–Kier alpha value is -2.09. The van der Waals surface area contributed by atoms with Crippen molar-refractivity contribution in [2.75, 3.05) is 7.11 Å². The highest BCUT2D eigenvalue weighted by atomic mass is 16.5. The highest BCUT2D eigenvalue weighted by Gasteiger charge is 2.62. The maximum absolute atomic E-state index is 12.3. The summed E-state index contributed by atoms with van der Waals surface area (Å²) in [4.78, 5) is 12.3. The smallest absolute Gasteiger partial charge is 0.316 e. The van der Waals surface area contributed by atoms with Gasteiger partial charge in [0.1, 0.15) is 5.41 Å². The van der Waals surface area contributed by atoms with E-state index in [-0.39, 0.29) is 11.9 Å². The van der Waals surface area contributed by atoms with Gasteiger partial charge in [-0.15, -0.1) is 0 Å². The van der Waals surface area contributed by atoms with Gasteiger partial charge >= 0.3 is 5.97 Å². The van der Waals surface area contributed by atoms with Crippen LogP contribution in [-0.2, 0) is 14.9 Å². The average Bonchev–Trinajstić information content (AvgIpc) is 3.25. The summed E-state index contributed by atoms with van der Waals surface area (Å²) in [7, 11) is 1.47. The highest BCUT2D eigenvalue weighted by Crippen LogP contribution is 2.61. The molecule has 96 valence electrons. The lowest BCUT2D eigenvalue weighted by Crippen LogP contribution is -2.24. The van der Waals surface area contributed by atoms with Crippen LogP contribution in [0.3, 0.4) is 0 Å². The first kappa shape index (κ1) is 12.0.